The van der Waals surface area contributed by atoms with Crippen LogP contribution in [0.5, 0.6) is 0 Å². The molecule has 0 fully saturated rings. The summed E-state index contributed by atoms with van der Waals surface area (Å²) in [4.78, 5) is 27.4. The Kier molecular flexibility index (Phi) is 5.04. The first kappa shape index (κ1) is 17.0. The normalized spacial score (nSPS) is 12.0. The second-order valence-electron chi connectivity index (χ2n) is 6.03. The number of amides is 1. The lowest BCUT2D eigenvalue weighted by Gasteiger charge is -2.15. The van der Waals surface area contributed by atoms with Gasteiger partial charge in [-0.05, 0) is 50.3 Å². The lowest BCUT2D eigenvalue weighted by molar-refractivity contribution is 0.101. The number of rotatable bonds is 5. The van der Waals surface area contributed by atoms with E-state index in [1.54, 1.807) is 6.92 Å². The molecule has 2 aromatic rings. The Morgan fingerprint density at radius 3 is 2.43 bits per heavy atom. The third-order valence-electron chi connectivity index (χ3n) is 4.37. The molecule has 23 heavy (non-hydrogen) atoms. The number of carbonyl (C=O) groups excluding carboxylic acids is 2. The van der Waals surface area contributed by atoms with Crippen molar-refractivity contribution in [2.75, 3.05) is 5.32 Å². The van der Waals surface area contributed by atoms with Crippen LogP contribution in [-0.4, -0.2) is 16.7 Å². The fraction of sp³-hybridized carbons (Fsp3) is 0.368. The van der Waals surface area contributed by atoms with Gasteiger partial charge in [0.2, 0.25) is 0 Å². The third kappa shape index (κ3) is 3.36. The fourth-order valence-corrected chi connectivity index (χ4v) is 2.95. The molecule has 2 N–H and O–H groups in total. The molecule has 1 aromatic heterocycles. The van der Waals surface area contributed by atoms with Crippen LogP contribution < -0.4 is 5.32 Å². The molecular formula is C19H24N2O2. The Balaban J connectivity index is 2.34. The van der Waals surface area contributed by atoms with Crippen LogP contribution in [0.1, 0.15) is 70.8 Å². The lowest BCUT2D eigenvalue weighted by atomic mass is 9.97. The molecule has 4 nitrogen and oxygen atoms in total. The maximum atomic E-state index is 12.6. The second-order valence-corrected chi connectivity index (χ2v) is 6.03. The number of hydrogen-bond acceptors (Lipinski definition) is 2. The first-order chi connectivity index (χ1) is 10.9. The molecule has 0 aliphatic heterocycles. The molecule has 0 aliphatic carbocycles. The zero-order valence-corrected chi connectivity index (χ0v) is 14.4. The molecular weight excluding hydrogens is 288 g/mol. The summed E-state index contributed by atoms with van der Waals surface area (Å²) in [6.45, 7) is 9.40. The summed E-state index contributed by atoms with van der Waals surface area (Å²) < 4.78 is 0. The number of nitrogens with one attached hydrogen (secondary N) is 2. The molecule has 1 amide bonds. The predicted octanol–water partition coefficient (Wildman–Crippen LogP) is 4.60. The van der Waals surface area contributed by atoms with Gasteiger partial charge in [0, 0.05) is 16.9 Å². The van der Waals surface area contributed by atoms with E-state index >= 15 is 0 Å². The van der Waals surface area contributed by atoms with Crippen LogP contribution in [0.25, 0.3) is 0 Å². The van der Waals surface area contributed by atoms with Crippen LogP contribution in [0, 0.1) is 13.8 Å². The number of anilines is 1. The highest BCUT2D eigenvalue weighted by Crippen LogP contribution is 2.27. The summed E-state index contributed by atoms with van der Waals surface area (Å²) >= 11 is 0. The van der Waals surface area contributed by atoms with Crippen LogP contribution >= 0.6 is 0 Å². The number of aromatic amines is 1. The highest BCUT2D eigenvalue weighted by atomic mass is 16.2. The predicted molar refractivity (Wildman–Crippen MR) is 93.4 cm³/mol. The molecule has 0 radical (unpaired) electrons. The first-order valence-electron chi connectivity index (χ1n) is 7.97. The highest BCUT2D eigenvalue weighted by Gasteiger charge is 2.20. The summed E-state index contributed by atoms with van der Waals surface area (Å²) in [6, 6.07) is 7.85. The topological polar surface area (TPSA) is 62.0 Å². The Morgan fingerprint density at radius 2 is 1.87 bits per heavy atom. The molecule has 0 saturated heterocycles. The molecule has 122 valence electrons. The van der Waals surface area contributed by atoms with Crippen molar-refractivity contribution in [1.29, 1.82) is 0 Å². The van der Waals surface area contributed by atoms with E-state index < -0.39 is 0 Å². The molecule has 0 bridgehead atoms. The highest BCUT2D eigenvalue weighted by molar-refractivity contribution is 6.07. The van der Waals surface area contributed by atoms with Gasteiger partial charge >= 0.3 is 0 Å². The Bertz CT molecular complexity index is 744. The quantitative estimate of drug-likeness (QED) is 0.793. The molecule has 4 heteroatoms. The number of aromatic nitrogens is 1. The summed E-state index contributed by atoms with van der Waals surface area (Å²) in [6.07, 6.45) is 1.00. The average Bonchev–Trinajstić information content (AvgIpc) is 2.82. The van der Waals surface area contributed by atoms with Crippen LogP contribution in [0.4, 0.5) is 5.69 Å². The minimum atomic E-state index is -0.214. The minimum absolute atomic E-state index is 0.0321. The van der Waals surface area contributed by atoms with Gasteiger partial charge in [-0.25, -0.2) is 0 Å². The van der Waals surface area contributed by atoms with Gasteiger partial charge in [0.15, 0.2) is 5.78 Å². The van der Waals surface area contributed by atoms with Crippen molar-refractivity contribution in [3.8, 4) is 0 Å². The van der Waals surface area contributed by atoms with E-state index in [0.717, 1.165) is 23.4 Å². The lowest BCUT2D eigenvalue weighted by Crippen LogP contribution is -2.15. The van der Waals surface area contributed by atoms with Crippen LogP contribution in [0.15, 0.2) is 24.3 Å². The average molecular weight is 312 g/mol. The number of carbonyl (C=O) groups is 2. The molecule has 2 rings (SSSR count). The number of para-hydroxylation sites is 1. The Labute approximate surface area is 137 Å². The van der Waals surface area contributed by atoms with E-state index in [2.05, 4.69) is 24.1 Å². The first-order valence-corrected chi connectivity index (χ1v) is 7.97. The van der Waals surface area contributed by atoms with Crippen molar-refractivity contribution in [2.24, 2.45) is 0 Å². The van der Waals surface area contributed by atoms with Gasteiger partial charge in [0.05, 0.1) is 0 Å². The Morgan fingerprint density at radius 1 is 1.22 bits per heavy atom. The van der Waals surface area contributed by atoms with E-state index in [9.17, 15) is 9.59 Å². The molecule has 0 spiro atoms. The van der Waals surface area contributed by atoms with Crippen LogP contribution in [0.3, 0.4) is 0 Å². The van der Waals surface area contributed by atoms with Gasteiger partial charge in [0.25, 0.3) is 5.91 Å². The molecule has 0 unspecified atom stereocenters. The number of ketones is 1. The van der Waals surface area contributed by atoms with E-state index in [-0.39, 0.29) is 11.7 Å². The summed E-state index contributed by atoms with van der Waals surface area (Å²) in [7, 11) is 0. The summed E-state index contributed by atoms with van der Waals surface area (Å²) in [5.41, 5.74) is 4.43. The zero-order chi connectivity index (χ0) is 17.1. The Hall–Kier alpha value is -2.36. The van der Waals surface area contributed by atoms with E-state index in [1.807, 2.05) is 31.2 Å². The molecule has 0 aliphatic rings. The second kappa shape index (κ2) is 6.82. The van der Waals surface area contributed by atoms with Crippen molar-refractivity contribution in [2.45, 2.75) is 47.0 Å². The maximum Gasteiger partial charge on any atom is 0.272 e. The monoisotopic (exact) mass is 312 g/mol. The van der Waals surface area contributed by atoms with Crippen LogP contribution in [-0.2, 0) is 0 Å². The van der Waals surface area contributed by atoms with Gasteiger partial charge in [-0.15, -0.1) is 0 Å². The van der Waals surface area contributed by atoms with Crippen molar-refractivity contribution in [3.63, 3.8) is 0 Å². The largest absolute Gasteiger partial charge is 0.354 e. The standard InChI is InChI=1S/C19H24N2O2/c1-6-11(2)15-9-7-8-10-16(15)21-19(23)18-12(3)17(14(5)22)13(4)20-18/h7-11,20H,6H2,1-5H3,(H,21,23)/t11-/m1/s1. The van der Waals surface area contributed by atoms with Crippen LogP contribution in [0.2, 0.25) is 0 Å². The van der Waals surface area contributed by atoms with Gasteiger partial charge in [-0.2, -0.15) is 0 Å². The smallest absolute Gasteiger partial charge is 0.272 e. The number of aryl methyl sites for hydroxylation is 1. The molecule has 1 aromatic carbocycles. The molecule has 1 heterocycles. The van der Waals surface area contributed by atoms with Crippen molar-refractivity contribution in [3.05, 3.63) is 52.3 Å². The van der Waals surface area contributed by atoms with Gasteiger partial charge < -0.3 is 10.3 Å². The number of H-pyrrole nitrogens is 1. The molecule has 0 saturated carbocycles. The van der Waals surface area contributed by atoms with E-state index in [0.29, 0.717) is 22.7 Å². The number of benzene rings is 1. The van der Waals surface area contributed by atoms with Crippen molar-refractivity contribution < 1.29 is 9.59 Å². The van der Waals surface area contributed by atoms with Crippen molar-refractivity contribution >= 4 is 17.4 Å². The zero-order valence-electron chi connectivity index (χ0n) is 14.4. The van der Waals surface area contributed by atoms with Crippen molar-refractivity contribution in [1.82, 2.24) is 4.98 Å². The van der Waals surface area contributed by atoms with Gasteiger partial charge in [-0.3, -0.25) is 9.59 Å². The van der Waals surface area contributed by atoms with Gasteiger partial charge in [-0.1, -0.05) is 32.0 Å². The van der Waals surface area contributed by atoms with E-state index in [1.165, 1.54) is 6.92 Å². The number of Topliss-reactive ketones (excluding diaryl/α,β-unsaturated/α-hetero) is 1. The third-order valence-corrected chi connectivity index (χ3v) is 4.37. The molecule has 1 atom stereocenters. The van der Waals surface area contributed by atoms with Gasteiger partial charge in [0.1, 0.15) is 5.69 Å². The summed E-state index contributed by atoms with van der Waals surface area (Å²) in [5.74, 6) is 0.120. The van der Waals surface area contributed by atoms with E-state index in [4.69, 9.17) is 0 Å². The summed E-state index contributed by atoms with van der Waals surface area (Å²) in [5, 5.41) is 2.98. The minimum Gasteiger partial charge on any atom is -0.354 e. The SMILES string of the molecule is CC[C@@H](C)c1ccccc1NC(=O)c1[nH]c(C)c(C(C)=O)c1C. The fourth-order valence-electron chi connectivity index (χ4n) is 2.95. The number of hydrogen-bond donors (Lipinski definition) is 2. The maximum absolute atomic E-state index is 12.6.